The van der Waals surface area contributed by atoms with Crippen LogP contribution in [-0.4, -0.2) is 34.8 Å². The van der Waals surface area contributed by atoms with Crippen molar-refractivity contribution in [1.82, 2.24) is 15.2 Å². The molecular weight excluding hydrogens is 230 g/mol. The molecule has 0 atom stereocenters. The van der Waals surface area contributed by atoms with Gasteiger partial charge >= 0.3 is 0 Å². The minimum Gasteiger partial charge on any atom is -0.352 e. The van der Waals surface area contributed by atoms with Gasteiger partial charge in [-0.2, -0.15) is 0 Å². The highest BCUT2D eigenvalue weighted by Crippen LogP contribution is 2.08. The minimum atomic E-state index is -0.226. The van der Waals surface area contributed by atoms with Gasteiger partial charge in [0.2, 0.25) is 11.8 Å². The molecule has 1 aliphatic heterocycles. The first kappa shape index (κ1) is 12.5. The molecule has 0 unspecified atom stereocenters. The topological polar surface area (TPSA) is 62.3 Å². The number of nitrogens with one attached hydrogen (secondary N) is 1. The Balaban J connectivity index is 1.73. The average molecular weight is 247 g/mol. The molecular formula is C13H17N3O2. The number of amides is 2. The molecule has 0 spiro atoms. The summed E-state index contributed by atoms with van der Waals surface area (Å²) in [6.45, 7) is 1.99. The molecule has 0 bridgehead atoms. The number of hydrogen-bond donors (Lipinski definition) is 1. The molecule has 0 aliphatic carbocycles. The Morgan fingerprint density at radius 3 is 2.78 bits per heavy atom. The van der Waals surface area contributed by atoms with E-state index in [1.165, 1.54) is 0 Å². The fourth-order valence-corrected chi connectivity index (χ4v) is 1.98. The summed E-state index contributed by atoms with van der Waals surface area (Å²) in [6.07, 6.45) is 5.41. The zero-order valence-electron chi connectivity index (χ0n) is 10.3. The largest absolute Gasteiger partial charge is 0.352 e. The second-order valence-corrected chi connectivity index (χ2v) is 4.40. The van der Waals surface area contributed by atoms with Gasteiger partial charge < -0.3 is 10.2 Å². The van der Waals surface area contributed by atoms with Crippen LogP contribution in [0.1, 0.15) is 24.8 Å². The predicted molar refractivity (Wildman–Crippen MR) is 66.5 cm³/mol. The van der Waals surface area contributed by atoms with Crippen molar-refractivity contribution in [3.05, 3.63) is 30.1 Å². The number of carbonyl (C=O) groups is 2. The fourth-order valence-electron chi connectivity index (χ4n) is 1.98. The normalized spacial score (nSPS) is 14.6. The molecule has 1 aromatic heterocycles. The first-order valence-electron chi connectivity index (χ1n) is 6.19. The molecule has 18 heavy (non-hydrogen) atoms. The summed E-state index contributed by atoms with van der Waals surface area (Å²) < 4.78 is 0. The van der Waals surface area contributed by atoms with Gasteiger partial charge in [0.15, 0.2) is 0 Å². The standard InChI is InChI=1S/C13H17N3O2/c17-12(8-13(18)16-6-1-2-7-16)15-10-11-4-3-5-14-9-11/h3-5,9H,1-2,6-8,10H2,(H,15,17). The summed E-state index contributed by atoms with van der Waals surface area (Å²) in [7, 11) is 0. The molecule has 0 aromatic carbocycles. The third kappa shape index (κ3) is 3.55. The molecule has 96 valence electrons. The van der Waals surface area contributed by atoms with Crippen LogP contribution in [0, 0.1) is 0 Å². The van der Waals surface area contributed by atoms with E-state index >= 15 is 0 Å². The van der Waals surface area contributed by atoms with Crippen LogP contribution in [0.5, 0.6) is 0 Å². The lowest BCUT2D eigenvalue weighted by Crippen LogP contribution is -2.33. The van der Waals surface area contributed by atoms with Gasteiger partial charge in [-0.15, -0.1) is 0 Å². The SMILES string of the molecule is O=C(CC(=O)N1CCCC1)NCc1cccnc1. The Labute approximate surface area is 106 Å². The van der Waals surface area contributed by atoms with Crippen LogP contribution in [0.2, 0.25) is 0 Å². The summed E-state index contributed by atoms with van der Waals surface area (Å²) in [5, 5.41) is 2.73. The van der Waals surface area contributed by atoms with E-state index in [1.807, 2.05) is 12.1 Å². The number of carbonyl (C=O) groups excluding carboxylic acids is 2. The minimum absolute atomic E-state index is 0.0553. The first-order chi connectivity index (χ1) is 8.75. The highest BCUT2D eigenvalue weighted by atomic mass is 16.2. The van der Waals surface area contributed by atoms with Gasteiger partial charge in [0, 0.05) is 32.0 Å². The van der Waals surface area contributed by atoms with E-state index in [2.05, 4.69) is 10.3 Å². The van der Waals surface area contributed by atoms with E-state index in [0.717, 1.165) is 31.5 Å². The third-order valence-corrected chi connectivity index (χ3v) is 2.98. The summed E-state index contributed by atoms with van der Waals surface area (Å²) >= 11 is 0. The van der Waals surface area contributed by atoms with Gasteiger partial charge in [0.1, 0.15) is 6.42 Å². The molecule has 2 heterocycles. The van der Waals surface area contributed by atoms with Gasteiger partial charge in [-0.05, 0) is 24.5 Å². The Bertz CT molecular complexity index is 414. The predicted octanol–water partition coefficient (Wildman–Crippen LogP) is 0.710. The van der Waals surface area contributed by atoms with Crippen LogP contribution in [-0.2, 0) is 16.1 Å². The molecule has 2 amide bonds. The molecule has 0 radical (unpaired) electrons. The van der Waals surface area contributed by atoms with Gasteiger partial charge in [0.05, 0.1) is 0 Å². The van der Waals surface area contributed by atoms with Gasteiger partial charge in [-0.3, -0.25) is 14.6 Å². The lowest BCUT2D eigenvalue weighted by molar-refractivity contribution is -0.135. The molecule has 0 saturated carbocycles. The van der Waals surface area contributed by atoms with E-state index in [-0.39, 0.29) is 18.2 Å². The number of rotatable bonds is 4. The monoisotopic (exact) mass is 247 g/mol. The van der Waals surface area contributed by atoms with Crippen LogP contribution in [0.25, 0.3) is 0 Å². The molecule has 1 aliphatic rings. The highest BCUT2D eigenvalue weighted by Gasteiger charge is 2.20. The van der Waals surface area contributed by atoms with Crippen molar-refractivity contribution >= 4 is 11.8 Å². The van der Waals surface area contributed by atoms with E-state index in [1.54, 1.807) is 17.3 Å². The van der Waals surface area contributed by atoms with Crippen molar-refractivity contribution in [3.63, 3.8) is 0 Å². The molecule has 1 saturated heterocycles. The van der Waals surface area contributed by atoms with E-state index in [4.69, 9.17) is 0 Å². The number of likely N-dealkylation sites (tertiary alicyclic amines) is 1. The van der Waals surface area contributed by atoms with Crippen molar-refractivity contribution in [2.45, 2.75) is 25.8 Å². The summed E-state index contributed by atoms with van der Waals surface area (Å²) in [4.78, 5) is 29.0. The Hall–Kier alpha value is -1.91. The number of hydrogen-bond acceptors (Lipinski definition) is 3. The Kier molecular flexibility index (Phi) is 4.28. The fraction of sp³-hybridized carbons (Fsp3) is 0.462. The molecule has 2 rings (SSSR count). The van der Waals surface area contributed by atoms with Crippen LogP contribution >= 0.6 is 0 Å². The summed E-state index contributed by atoms with van der Waals surface area (Å²) in [5.74, 6) is -0.299. The van der Waals surface area contributed by atoms with Crippen molar-refractivity contribution in [3.8, 4) is 0 Å². The van der Waals surface area contributed by atoms with Gasteiger partial charge in [0.25, 0.3) is 0 Å². The van der Waals surface area contributed by atoms with Crippen molar-refractivity contribution in [1.29, 1.82) is 0 Å². The second kappa shape index (κ2) is 6.14. The van der Waals surface area contributed by atoms with E-state index in [0.29, 0.717) is 6.54 Å². The number of pyridine rings is 1. The maximum Gasteiger partial charge on any atom is 0.232 e. The van der Waals surface area contributed by atoms with Crippen molar-refractivity contribution < 1.29 is 9.59 Å². The molecule has 1 fully saturated rings. The van der Waals surface area contributed by atoms with Crippen molar-refractivity contribution in [2.24, 2.45) is 0 Å². The van der Waals surface area contributed by atoms with E-state index in [9.17, 15) is 9.59 Å². The second-order valence-electron chi connectivity index (χ2n) is 4.40. The lowest BCUT2D eigenvalue weighted by atomic mass is 10.3. The Morgan fingerprint density at radius 1 is 1.33 bits per heavy atom. The van der Waals surface area contributed by atoms with Crippen LogP contribution < -0.4 is 5.32 Å². The van der Waals surface area contributed by atoms with E-state index < -0.39 is 0 Å². The first-order valence-corrected chi connectivity index (χ1v) is 6.19. The summed E-state index contributed by atoms with van der Waals surface area (Å²) in [6, 6.07) is 3.70. The summed E-state index contributed by atoms with van der Waals surface area (Å²) in [5.41, 5.74) is 0.930. The quantitative estimate of drug-likeness (QED) is 0.797. The zero-order chi connectivity index (χ0) is 12.8. The highest BCUT2D eigenvalue weighted by molar-refractivity contribution is 5.96. The molecule has 1 N–H and O–H groups in total. The number of aromatic nitrogens is 1. The molecule has 5 heteroatoms. The van der Waals surface area contributed by atoms with Crippen LogP contribution in [0.15, 0.2) is 24.5 Å². The van der Waals surface area contributed by atoms with Crippen molar-refractivity contribution in [2.75, 3.05) is 13.1 Å². The maximum absolute atomic E-state index is 11.7. The van der Waals surface area contributed by atoms with Gasteiger partial charge in [-0.25, -0.2) is 0 Å². The number of nitrogens with zero attached hydrogens (tertiary/aromatic N) is 2. The Morgan fingerprint density at radius 2 is 2.11 bits per heavy atom. The third-order valence-electron chi connectivity index (χ3n) is 2.98. The lowest BCUT2D eigenvalue weighted by Gasteiger charge is -2.14. The van der Waals surface area contributed by atoms with Gasteiger partial charge in [-0.1, -0.05) is 6.07 Å². The molecule has 1 aromatic rings. The van der Waals surface area contributed by atoms with Crippen LogP contribution in [0.3, 0.4) is 0 Å². The van der Waals surface area contributed by atoms with Crippen LogP contribution in [0.4, 0.5) is 0 Å². The molecule has 5 nitrogen and oxygen atoms in total. The average Bonchev–Trinajstić information content (AvgIpc) is 2.91. The zero-order valence-corrected chi connectivity index (χ0v) is 10.3. The maximum atomic E-state index is 11.7. The smallest absolute Gasteiger partial charge is 0.232 e.